The van der Waals surface area contributed by atoms with Crippen molar-refractivity contribution in [3.63, 3.8) is 0 Å². The predicted octanol–water partition coefficient (Wildman–Crippen LogP) is 4.91. The number of Topliss-reactive ketones (excluding diaryl/α,β-unsaturated/α-hetero) is 1. The topological polar surface area (TPSA) is 42.0 Å². The van der Waals surface area contributed by atoms with Crippen LogP contribution in [0.4, 0.5) is 5.69 Å². The molecule has 3 aromatic rings. The number of carbonyl (C=O) groups excluding carboxylic acids is 1. The van der Waals surface area contributed by atoms with Crippen LogP contribution in [0.2, 0.25) is 0 Å². The number of pyridine rings is 1. The zero-order valence-corrected chi connectivity index (χ0v) is 13.8. The Morgan fingerprint density at radius 1 is 1.00 bits per heavy atom. The molecule has 0 spiro atoms. The van der Waals surface area contributed by atoms with E-state index in [4.69, 9.17) is 0 Å². The second-order valence-electron chi connectivity index (χ2n) is 6.74. The van der Waals surface area contributed by atoms with E-state index >= 15 is 0 Å². The molecule has 3 heteroatoms. The molecule has 0 radical (unpaired) electrons. The second kappa shape index (κ2) is 5.55. The number of nitrogens with one attached hydrogen (secondary N) is 1. The third-order valence-corrected chi connectivity index (χ3v) is 5.29. The van der Waals surface area contributed by atoms with Gasteiger partial charge in [-0.25, -0.2) is 0 Å². The lowest BCUT2D eigenvalue weighted by atomic mass is 9.77. The van der Waals surface area contributed by atoms with Gasteiger partial charge >= 0.3 is 0 Å². The van der Waals surface area contributed by atoms with E-state index in [9.17, 15) is 4.79 Å². The summed E-state index contributed by atoms with van der Waals surface area (Å²) < 4.78 is 0. The number of rotatable bonds is 1. The van der Waals surface area contributed by atoms with E-state index in [1.807, 2.05) is 18.3 Å². The molecule has 3 nitrogen and oxygen atoms in total. The van der Waals surface area contributed by atoms with Gasteiger partial charge in [0.25, 0.3) is 0 Å². The zero-order valence-electron chi connectivity index (χ0n) is 13.8. The van der Waals surface area contributed by atoms with Crippen LogP contribution in [0.5, 0.6) is 0 Å². The molecule has 2 aliphatic rings. The summed E-state index contributed by atoms with van der Waals surface area (Å²) in [4.78, 5) is 17.1. The van der Waals surface area contributed by atoms with Crippen LogP contribution >= 0.6 is 0 Å². The highest BCUT2D eigenvalue weighted by Gasteiger charge is 2.34. The number of allylic oxidation sites excluding steroid dienone is 1. The Morgan fingerprint density at radius 2 is 1.92 bits per heavy atom. The number of anilines is 1. The van der Waals surface area contributed by atoms with E-state index in [0.29, 0.717) is 6.42 Å². The fourth-order valence-electron chi connectivity index (χ4n) is 4.20. The Morgan fingerprint density at radius 3 is 2.80 bits per heavy atom. The molecule has 1 atom stereocenters. The minimum atomic E-state index is -0.106. The van der Waals surface area contributed by atoms with Crippen molar-refractivity contribution in [2.45, 2.75) is 25.3 Å². The third-order valence-electron chi connectivity index (χ3n) is 5.29. The molecule has 1 aliphatic heterocycles. The number of benzene rings is 2. The predicted molar refractivity (Wildman–Crippen MR) is 100 cm³/mol. The molecule has 1 N–H and O–H groups in total. The third kappa shape index (κ3) is 2.19. The summed E-state index contributed by atoms with van der Waals surface area (Å²) in [5.74, 6) is 0.265. The lowest BCUT2D eigenvalue weighted by Crippen LogP contribution is -2.27. The number of hydrogen-bond donors (Lipinski definition) is 1. The largest absolute Gasteiger partial charge is 0.373 e. The number of carbonyl (C=O) groups is 1. The Kier molecular flexibility index (Phi) is 3.20. The van der Waals surface area contributed by atoms with Crippen LogP contribution in [0, 0.1) is 0 Å². The van der Waals surface area contributed by atoms with Gasteiger partial charge in [0.2, 0.25) is 0 Å². The molecule has 2 heterocycles. The van der Waals surface area contributed by atoms with Crippen LogP contribution in [-0.4, -0.2) is 10.8 Å². The second-order valence-corrected chi connectivity index (χ2v) is 6.74. The maximum absolute atomic E-state index is 12.8. The maximum atomic E-state index is 12.8. The summed E-state index contributed by atoms with van der Waals surface area (Å²) in [5, 5.41) is 6.05. The van der Waals surface area contributed by atoms with Crippen molar-refractivity contribution in [2.24, 2.45) is 0 Å². The molecular formula is C22H18N2O. The van der Waals surface area contributed by atoms with Gasteiger partial charge in [-0.2, -0.15) is 0 Å². The van der Waals surface area contributed by atoms with Crippen molar-refractivity contribution >= 4 is 27.8 Å². The van der Waals surface area contributed by atoms with Crippen LogP contribution in [-0.2, 0) is 4.79 Å². The normalized spacial score (nSPS) is 19.4. The smallest absolute Gasteiger partial charge is 0.161 e. The van der Waals surface area contributed by atoms with Crippen molar-refractivity contribution in [1.82, 2.24) is 4.98 Å². The summed E-state index contributed by atoms with van der Waals surface area (Å²) >= 11 is 0. The molecule has 0 saturated heterocycles. The first kappa shape index (κ1) is 14.4. The van der Waals surface area contributed by atoms with Crippen molar-refractivity contribution in [1.29, 1.82) is 0 Å². The minimum Gasteiger partial charge on any atom is -0.373 e. The zero-order chi connectivity index (χ0) is 16.8. The molecule has 0 saturated carbocycles. The lowest BCUT2D eigenvalue weighted by Gasteiger charge is -2.35. The van der Waals surface area contributed by atoms with Crippen molar-refractivity contribution in [3.8, 4) is 0 Å². The van der Waals surface area contributed by atoms with Crippen molar-refractivity contribution in [2.75, 3.05) is 5.32 Å². The quantitative estimate of drug-likeness (QED) is 0.691. The number of hydrogen-bond acceptors (Lipinski definition) is 3. The van der Waals surface area contributed by atoms with E-state index in [0.717, 1.165) is 29.7 Å². The highest BCUT2D eigenvalue weighted by molar-refractivity contribution is 6.12. The summed E-state index contributed by atoms with van der Waals surface area (Å²) in [6, 6.07) is 16.6. The Balaban J connectivity index is 1.81. The van der Waals surface area contributed by atoms with Crippen molar-refractivity contribution in [3.05, 3.63) is 77.6 Å². The van der Waals surface area contributed by atoms with Gasteiger partial charge in [-0.3, -0.25) is 9.78 Å². The summed E-state index contributed by atoms with van der Waals surface area (Å²) in [6.45, 7) is 0. The fraction of sp³-hybridized carbons (Fsp3) is 0.182. The monoisotopic (exact) mass is 326 g/mol. The summed E-state index contributed by atoms with van der Waals surface area (Å²) in [5.41, 5.74) is 5.52. The van der Waals surface area contributed by atoms with Crippen LogP contribution < -0.4 is 5.32 Å². The minimum absolute atomic E-state index is 0.106. The molecular weight excluding hydrogens is 308 g/mol. The van der Waals surface area contributed by atoms with E-state index in [1.165, 1.54) is 21.9 Å². The number of fused-ring (bicyclic) bond motifs is 4. The van der Waals surface area contributed by atoms with Crippen LogP contribution in [0.25, 0.3) is 16.3 Å². The van der Waals surface area contributed by atoms with Gasteiger partial charge in [0, 0.05) is 35.6 Å². The lowest BCUT2D eigenvalue weighted by molar-refractivity contribution is -0.116. The Bertz CT molecular complexity index is 1020. The van der Waals surface area contributed by atoms with E-state index in [2.05, 4.69) is 46.7 Å². The van der Waals surface area contributed by atoms with Gasteiger partial charge in [0.1, 0.15) is 0 Å². The average Bonchev–Trinajstić information content (AvgIpc) is 2.68. The molecule has 1 aromatic heterocycles. The highest BCUT2D eigenvalue weighted by Crippen LogP contribution is 2.47. The van der Waals surface area contributed by atoms with Crippen LogP contribution in [0.15, 0.2) is 66.5 Å². The van der Waals surface area contributed by atoms with Gasteiger partial charge in [-0.05, 0) is 46.9 Å². The van der Waals surface area contributed by atoms with Gasteiger partial charge in [-0.15, -0.1) is 0 Å². The summed E-state index contributed by atoms with van der Waals surface area (Å²) in [7, 11) is 0. The van der Waals surface area contributed by atoms with Gasteiger partial charge in [0.05, 0.1) is 6.04 Å². The van der Waals surface area contributed by atoms with Gasteiger partial charge in [0.15, 0.2) is 5.78 Å². The maximum Gasteiger partial charge on any atom is 0.161 e. The number of nitrogens with zero attached hydrogens (tertiary/aromatic N) is 1. The Labute approximate surface area is 146 Å². The molecule has 2 aromatic carbocycles. The number of ketones is 1. The molecule has 0 fully saturated rings. The molecule has 5 rings (SSSR count). The van der Waals surface area contributed by atoms with Crippen molar-refractivity contribution < 1.29 is 4.79 Å². The van der Waals surface area contributed by atoms with Crippen LogP contribution in [0.1, 0.15) is 36.4 Å². The average molecular weight is 326 g/mol. The standard InChI is InChI=1S/C22H18N2O/c25-19-9-3-8-17-20-16-7-2-1-5-14(16)10-11-18(20)24-22(21(17)19)15-6-4-12-23-13-15/h1-2,4-7,10-13,22,24H,3,8-9H2. The van der Waals surface area contributed by atoms with E-state index in [1.54, 1.807) is 6.20 Å². The first-order chi connectivity index (χ1) is 12.3. The van der Waals surface area contributed by atoms with Gasteiger partial charge < -0.3 is 5.32 Å². The van der Waals surface area contributed by atoms with E-state index < -0.39 is 0 Å². The molecule has 0 bridgehead atoms. The summed E-state index contributed by atoms with van der Waals surface area (Å²) in [6.07, 6.45) is 6.15. The highest BCUT2D eigenvalue weighted by atomic mass is 16.1. The number of aromatic nitrogens is 1. The molecule has 122 valence electrons. The Hall–Kier alpha value is -2.94. The fourth-order valence-corrected chi connectivity index (χ4v) is 4.20. The molecule has 1 aliphatic carbocycles. The van der Waals surface area contributed by atoms with Gasteiger partial charge in [-0.1, -0.05) is 36.4 Å². The first-order valence-electron chi connectivity index (χ1n) is 8.78. The molecule has 0 amide bonds. The molecule has 25 heavy (non-hydrogen) atoms. The van der Waals surface area contributed by atoms with Crippen LogP contribution in [0.3, 0.4) is 0 Å². The van der Waals surface area contributed by atoms with E-state index in [-0.39, 0.29) is 11.8 Å². The molecule has 1 unspecified atom stereocenters. The first-order valence-corrected chi connectivity index (χ1v) is 8.78. The SMILES string of the molecule is O=C1CCCC2=C1C(c1cccnc1)Nc1ccc3ccccc3c12.